The second kappa shape index (κ2) is 5.57. The van der Waals surface area contributed by atoms with E-state index < -0.39 is 16.9 Å². The first kappa shape index (κ1) is 12.9. The third-order valence-electron chi connectivity index (χ3n) is 1.57. The maximum absolute atomic E-state index is 11.3. The maximum Gasteiger partial charge on any atom is 0.381 e. The zero-order valence-electron chi connectivity index (χ0n) is 9.02. The molecule has 0 spiro atoms. The molecule has 0 aromatic heterocycles. The fourth-order valence-electron chi connectivity index (χ4n) is 1.03. The second-order valence-corrected chi connectivity index (χ2v) is 3.92. The fraction of sp³-hybridized carbons (Fsp3) is 0.889. The van der Waals surface area contributed by atoms with Crippen LogP contribution in [0.15, 0.2) is 0 Å². The summed E-state index contributed by atoms with van der Waals surface area (Å²) in [6.07, 6.45) is -0.0874. The van der Waals surface area contributed by atoms with Crippen LogP contribution in [-0.2, 0) is 9.53 Å². The molecular weight excluding hydrogens is 186 g/mol. The van der Waals surface area contributed by atoms with Gasteiger partial charge < -0.3 is 4.74 Å². The smallest absolute Gasteiger partial charge is 0.381 e. The van der Waals surface area contributed by atoms with Crippen molar-refractivity contribution in [2.24, 2.45) is 5.92 Å². The lowest BCUT2D eigenvalue weighted by molar-refractivity contribution is -0.512. The van der Waals surface area contributed by atoms with Crippen molar-refractivity contribution >= 4 is 5.97 Å². The first-order valence-electron chi connectivity index (χ1n) is 4.68. The van der Waals surface area contributed by atoms with Gasteiger partial charge in [0.05, 0.1) is 6.10 Å². The highest BCUT2D eigenvalue weighted by Gasteiger charge is 2.32. The highest BCUT2D eigenvalue weighted by Crippen LogP contribution is 2.10. The largest absolute Gasteiger partial charge is 0.458 e. The van der Waals surface area contributed by atoms with Crippen molar-refractivity contribution in [2.45, 2.75) is 46.3 Å². The van der Waals surface area contributed by atoms with Crippen molar-refractivity contribution in [2.75, 3.05) is 0 Å². The van der Waals surface area contributed by atoms with Gasteiger partial charge in [0.15, 0.2) is 0 Å². The van der Waals surface area contributed by atoms with Crippen molar-refractivity contribution in [1.29, 1.82) is 0 Å². The van der Waals surface area contributed by atoms with Crippen LogP contribution in [0.5, 0.6) is 0 Å². The Labute approximate surface area is 83.6 Å². The molecule has 82 valence electrons. The molecule has 0 aliphatic rings. The van der Waals surface area contributed by atoms with Gasteiger partial charge in [0, 0.05) is 11.3 Å². The molecule has 0 fully saturated rings. The van der Waals surface area contributed by atoms with Crippen LogP contribution in [0.1, 0.15) is 34.1 Å². The first-order valence-corrected chi connectivity index (χ1v) is 4.68. The molecular formula is C9H17NO4. The molecule has 0 aromatic rings. The minimum Gasteiger partial charge on any atom is -0.458 e. The Morgan fingerprint density at radius 3 is 2.14 bits per heavy atom. The van der Waals surface area contributed by atoms with Gasteiger partial charge in [-0.3, -0.25) is 10.1 Å². The Balaban J connectivity index is 4.34. The van der Waals surface area contributed by atoms with Crippen LogP contribution in [0.25, 0.3) is 0 Å². The van der Waals surface area contributed by atoms with Crippen LogP contribution in [0.4, 0.5) is 0 Å². The molecule has 5 nitrogen and oxygen atoms in total. The molecule has 5 heteroatoms. The molecule has 1 unspecified atom stereocenters. The predicted octanol–water partition coefficient (Wildman–Crippen LogP) is 1.63. The van der Waals surface area contributed by atoms with Crippen LogP contribution in [0, 0.1) is 16.0 Å². The molecule has 1 atom stereocenters. The minimum absolute atomic E-state index is 0.102. The lowest BCUT2D eigenvalue weighted by Gasteiger charge is -2.13. The van der Waals surface area contributed by atoms with E-state index in [1.165, 1.54) is 0 Å². The van der Waals surface area contributed by atoms with E-state index in [9.17, 15) is 14.9 Å². The topological polar surface area (TPSA) is 69.4 Å². The van der Waals surface area contributed by atoms with Gasteiger partial charge >= 0.3 is 12.0 Å². The third kappa shape index (κ3) is 4.79. The second-order valence-electron chi connectivity index (χ2n) is 3.92. The Kier molecular flexibility index (Phi) is 5.12. The molecule has 0 saturated carbocycles. The van der Waals surface area contributed by atoms with E-state index in [1.54, 1.807) is 13.8 Å². The van der Waals surface area contributed by atoms with Crippen LogP contribution in [0.3, 0.4) is 0 Å². The molecule has 0 heterocycles. The molecule has 0 bridgehead atoms. The van der Waals surface area contributed by atoms with Crippen molar-refractivity contribution in [3.63, 3.8) is 0 Å². The van der Waals surface area contributed by atoms with E-state index in [1.807, 2.05) is 13.8 Å². The third-order valence-corrected chi connectivity index (χ3v) is 1.57. The quantitative estimate of drug-likeness (QED) is 0.387. The van der Waals surface area contributed by atoms with E-state index in [4.69, 9.17) is 4.74 Å². The highest BCUT2D eigenvalue weighted by molar-refractivity contribution is 5.74. The number of nitro groups is 1. The molecule has 0 aliphatic heterocycles. The SMILES string of the molecule is CC(C)CC(C(=O)OC(C)C)[N+](=O)[O-]. The van der Waals surface area contributed by atoms with E-state index in [-0.39, 0.29) is 18.4 Å². The summed E-state index contributed by atoms with van der Waals surface area (Å²) in [5, 5.41) is 10.6. The standard InChI is InChI=1S/C9H17NO4/c1-6(2)5-8(10(12)13)9(11)14-7(3)4/h6-8H,5H2,1-4H3. The molecule has 0 N–H and O–H groups in total. The average molecular weight is 203 g/mol. The number of hydrogen-bond donors (Lipinski definition) is 0. The predicted molar refractivity (Wildman–Crippen MR) is 51.5 cm³/mol. The maximum atomic E-state index is 11.3. The lowest BCUT2D eigenvalue weighted by atomic mass is 10.0. The molecule has 0 rings (SSSR count). The number of ether oxygens (including phenoxy) is 1. The molecule has 0 amide bonds. The molecule has 14 heavy (non-hydrogen) atoms. The van der Waals surface area contributed by atoms with Gasteiger partial charge in [0.2, 0.25) is 0 Å². The van der Waals surface area contributed by atoms with E-state index in [2.05, 4.69) is 0 Å². The summed E-state index contributed by atoms with van der Waals surface area (Å²) in [7, 11) is 0. The number of esters is 1. The average Bonchev–Trinajstić information content (AvgIpc) is 1.97. The van der Waals surface area contributed by atoms with Gasteiger partial charge in [0.1, 0.15) is 0 Å². The summed E-state index contributed by atoms with van der Waals surface area (Å²) in [6, 6.07) is -1.22. The van der Waals surface area contributed by atoms with Crippen LogP contribution in [0.2, 0.25) is 0 Å². The van der Waals surface area contributed by atoms with Crippen LogP contribution >= 0.6 is 0 Å². The number of hydrogen-bond acceptors (Lipinski definition) is 4. The zero-order chi connectivity index (χ0) is 11.3. The van der Waals surface area contributed by atoms with Gasteiger partial charge in [-0.2, -0.15) is 0 Å². The Morgan fingerprint density at radius 2 is 1.86 bits per heavy atom. The van der Waals surface area contributed by atoms with Crippen molar-refractivity contribution < 1.29 is 14.5 Å². The van der Waals surface area contributed by atoms with Gasteiger partial charge in [-0.15, -0.1) is 0 Å². The Morgan fingerprint density at radius 1 is 1.36 bits per heavy atom. The highest BCUT2D eigenvalue weighted by atomic mass is 16.6. The summed E-state index contributed by atoms with van der Waals surface area (Å²) >= 11 is 0. The first-order chi connectivity index (χ1) is 6.34. The number of carbonyl (C=O) groups excluding carboxylic acids is 1. The molecule has 0 radical (unpaired) electrons. The van der Waals surface area contributed by atoms with E-state index in [0.29, 0.717) is 0 Å². The van der Waals surface area contributed by atoms with Gasteiger partial charge in [-0.25, -0.2) is 4.79 Å². The van der Waals surface area contributed by atoms with Crippen molar-refractivity contribution in [3.05, 3.63) is 10.1 Å². The summed E-state index contributed by atoms with van der Waals surface area (Å²) in [4.78, 5) is 21.3. The Bertz CT molecular complexity index is 213. The number of nitrogens with zero attached hydrogens (tertiary/aromatic N) is 1. The van der Waals surface area contributed by atoms with Gasteiger partial charge in [-0.05, 0) is 19.8 Å². The zero-order valence-corrected chi connectivity index (χ0v) is 9.02. The van der Waals surface area contributed by atoms with Crippen molar-refractivity contribution in [1.82, 2.24) is 0 Å². The van der Waals surface area contributed by atoms with Crippen LogP contribution < -0.4 is 0 Å². The monoisotopic (exact) mass is 203 g/mol. The van der Waals surface area contributed by atoms with E-state index in [0.717, 1.165) is 0 Å². The molecule has 0 saturated heterocycles. The molecule has 0 aliphatic carbocycles. The minimum atomic E-state index is -1.22. The van der Waals surface area contributed by atoms with Gasteiger partial charge in [-0.1, -0.05) is 13.8 Å². The summed E-state index contributed by atoms with van der Waals surface area (Å²) < 4.78 is 4.79. The Hall–Kier alpha value is -1.13. The van der Waals surface area contributed by atoms with Crippen molar-refractivity contribution in [3.8, 4) is 0 Å². The molecule has 0 aromatic carbocycles. The number of carbonyl (C=O) groups is 1. The fourth-order valence-corrected chi connectivity index (χ4v) is 1.03. The van der Waals surface area contributed by atoms with E-state index >= 15 is 0 Å². The normalized spacial score (nSPS) is 13.0. The summed E-state index contributed by atoms with van der Waals surface area (Å²) in [5.74, 6) is -0.635. The lowest BCUT2D eigenvalue weighted by Crippen LogP contribution is -2.34. The van der Waals surface area contributed by atoms with Gasteiger partial charge in [0.25, 0.3) is 0 Å². The summed E-state index contributed by atoms with van der Waals surface area (Å²) in [5.41, 5.74) is 0. The van der Waals surface area contributed by atoms with Crippen LogP contribution in [-0.4, -0.2) is 23.0 Å². The summed E-state index contributed by atoms with van der Waals surface area (Å²) in [6.45, 7) is 7.01. The number of rotatable bonds is 5.